The molecule has 1 N–H and O–H groups in total. The Labute approximate surface area is 187 Å². The standard InChI is InChI=1S/C25H32F3NO3/c1-15-10-11-18-22(3)19(17-14-23(15,18)13-12-21(17,2)32-22)29-20(30)24(31-4,25(26,27)28)16-8-6-5-7-9-16/h5-9,15,17-19H,10-14H2,1-4H3,(H,29,30)/t15-,17+,18+,19+,21-,22-,23+,24+/m1/s1. The first kappa shape index (κ1) is 22.2. The number of fused-ring (bicyclic) bond motifs is 2. The molecule has 1 aromatic carbocycles. The van der Waals surface area contributed by atoms with Crippen LogP contribution in [0.3, 0.4) is 0 Å². The summed E-state index contributed by atoms with van der Waals surface area (Å²) in [4.78, 5) is 13.5. The molecule has 1 spiro atoms. The van der Waals surface area contributed by atoms with Crippen LogP contribution in [0.1, 0.15) is 58.4 Å². The lowest BCUT2D eigenvalue weighted by atomic mass is 9.49. The van der Waals surface area contributed by atoms with E-state index in [-0.39, 0.29) is 22.8 Å². The normalized spacial score (nSPS) is 44.2. The molecule has 1 aliphatic heterocycles. The van der Waals surface area contributed by atoms with Gasteiger partial charge in [-0.1, -0.05) is 37.3 Å². The van der Waals surface area contributed by atoms with Gasteiger partial charge < -0.3 is 14.8 Å². The molecule has 1 amide bonds. The van der Waals surface area contributed by atoms with E-state index in [4.69, 9.17) is 9.47 Å². The maximum atomic E-state index is 14.4. The number of hydrogen-bond donors (Lipinski definition) is 1. The first-order chi connectivity index (χ1) is 14.9. The molecule has 1 heterocycles. The summed E-state index contributed by atoms with van der Waals surface area (Å²) in [5.74, 6) is -0.377. The Morgan fingerprint density at radius 3 is 2.47 bits per heavy atom. The topological polar surface area (TPSA) is 47.6 Å². The number of alkyl halides is 3. The van der Waals surface area contributed by atoms with Gasteiger partial charge in [0.15, 0.2) is 0 Å². The number of carbonyl (C=O) groups is 1. The van der Waals surface area contributed by atoms with Gasteiger partial charge in [0.25, 0.3) is 11.5 Å². The SMILES string of the molecule is CO[C@](C(=O)N[C@H]1[C@@H]2C[C@]34CC[C@@]2(C)O[C@]1(C)[C@@H]3CC[C@H]4C)(c1ccccc1)C(F)(F)F. The molecule has 4 fully saturated rings. The number of hydrogen-bond acceptors (Lipinski definition) is 3. The molecule has 32 heavy (non-hydrogen) atoms. The molecule has 176 valence electrons. The molecule has 5 rings (SSSR count). The van der Waals surface area contributed by atoms with Gasteiger partial charge in [-0.25, -0.2) is 0 Å². The maximum absolute atomic E-state index is 14.4. The van der Waals surface area contributed by atoms with Gasteiger partial charge in [-0.05, 0) is 63.2 Å². The highest BCUT2D eigenvalue weighted by Gasteiger charge is 2.75. The summed E-state index contributed by atoms with van der Waals surface area (Å²) >= 11 is 0. The predicted molar refractivity (Wildman–Crippen MR) is 113 cm³/mol. The number of ether oxygens (including phenoxy) is 2. The molecular formula is C25H32F3NO3. The molecule has 4 nitrogen and oxygen atoms in total. The number of carbonyl (C=O) groups excluding carboxylic acids is 1. The second-order valence-electron chi connectivity index (χ2n) is 10.9. The highest BCUT2D eigenvalue weighted by atomic mass is 19.4. The van der Waals surface area contributed by atoms with Crippen molar-refractivity contribution in [2.75, 3.05) is 7.11 Å². The molecule has 8 atom stereocenters. The molecule has 0 unspecified atom stereocenters. The molecule has 7 heteroatoms. The Hall–Kier alpha value is -1.60. The van der Waals surface area contributed by atoms with Crippen LogP contribution >= 0.6 is 0 Å². The van der Waals surface area contributed by atoms with Crippen molar-refractivity contribution in [1.82, 2.24) is 5.32 Å². The van der Waals surface area contributed by atoms with E-state index in [0.717, 1.165) is 39.2 Å². The first-order valence-electron chi connectivity index (χ1n) is 11.6. The molecule has 0 aromatic heterocycles. The lowest BCUT2D eigenvalue weighted by Crippen LogP contribution is -2.67. The van der Waals surface area contributed by atoms with Crippen LogP contribution in [0.15, 0.2) is 30.3 Å². The van der Waals surface area contributed by atoms with E-state index in [1.54, 1.807) is 6.07 Å². The third kappa shape index (κ3) is 2.55. The third-order valence-electron chi connectivity index (χ3n) is 9.69. The van der Waals surface area contributed by atoms with E-state index < -0.39 is 34.9 Å². The van der Waals surface area contributed by atoms with Crippen molar-refractivity contribution in [1.29, 1.82) is 0 Å². The Morgan fingerprint density at radius 2 is 1.84 bits per heavy atom. The van der Waals surface area contributed by atoms with Crippen LogP contribution in [-0.4, -0.2) is 36.4 Å². The van der Waals surface area contributed by atoms with Gasteiger partial charge in [0.1, 0.15) is 0 Å². The second-order valence-corrected chi connectivity index (χ2v) is 10.9. The van der Waals surface area contributed by atoms with Crippen LogP contribution in [0, 0.1) is 23.2 Å². The first-order valence-corrected chi connectivity index (χ1v) is 11.6. The number of rotatable bonds is 4. The Kier molecular flexibility index (Phi) is 4.66. The van der Waals surface area contributed by atoms with Gasteiger partial charge in [-0.15, -0.1) is 0 Å². The van der Waals surface area contributed by atoms with E-state index >= 15 is 0 Å². The molecular weight excluding hydrogens is 419 g/mol. The highest BCUT2D eigenvalue weighted by molar-refractivity contribution is 5.88. The van der Waals surface area contributed by atoms with Gasteiger partial charge in [-0.3, -0.25) is 4.79 Å². The minimum atomic E-state index is -4.92. The third-order valence-corrected chi connectivity index (χ3v) is 9.69. The smallest absolute Gasteiger partial charge is 0.366 e. The predicted octanol–water partition coefficient (Wildman–Crippen LogP) is 4.97. The quantitative estimate of drug-likeness (QED) is 0.703. The minimum absolute atomic E-state index is 0.0134. The van der Waals surface area contributed by atoms with Crippen LogP contribution in [-0.2, 0) is 19.9 Å². The van der Waals surface area contributed by atoms with Gasteiger partial charge >= 0.3 is 6.18 Å². The number of nitrogens with one attached hydrogen (secondary N) is 1. The second kappa shape index (κ2) is 6.72. The van der Waals surface area contributed by atoms with Gasteiger partial charge in [0, 0.05) is 18.6 Å². The van der Waals surface area contributed by atoms with Crippen LogP contribution < -0.4 is 5.32 Å². The Balaban J connectivity index is 1.55. The number of halogens is 3. The number of methoxy groups -OCH3 is 1. The van der Waals surface area contributed by atoms with Crippen LogP contribution in [0.2, 0.25) is 0 Å². The average Bonchev–Trinajstić information content (AvgIpc) is 3.09. The summed E-state index contributed by atoms with van der Waals surface area (Å²) in [5.41, 5.74) is -4.24. The van der Waals surface area contributed by atoms with Crippen molar-refractivity contribution in [2.24, 2.45) is 23.2 Å². The minimum Gasteiger partial charge on any atom is -0.366 e. The summed E-state index contributed by atoms with van der Waals surface area (Å²) < 4.78 is 55.1. The maximum Gasteiger partial charge on any atom is 0.430 e. The van der Waals surface area contributed by atoms with E-state index in [0.29, 0.717) is 5.92 Å². The fourth-order valence-corrected chi connectivity index (χ4v) is 8.11. The fourth-order valence-electron chi connectivity index (χ4n) is 8.11. The zero-order valence-corrected chi connectivity index (χ0v) is 19.1. The molecule has 1 saturated heterocycles. The summed E-state index contributed by atoms with van der Waals surface area (Å²) in [6, 6.07) is 6.69. The highest BCUT2D eigenvalue weighted by Crippen LogP contribution is 2.72. The zero-order valence-electron chi connectivity index (χ0n) is 19.1. The Bertz CT molecular complexity index is 923. The van der Waals surface area contributed by atoms with Gasteiger partial charge in [0.05, 0.1) is 17.2 Å². The molecule has 3 aliphatic carbocycles. The van der Waals surface area contributed by atoms with E-state index in [2.05, 4.69) is 19.2 Å². The van der Waals surface area contributed by atoms with Crippen molar-refractivity contribution in [3.63, 3.8) is 0 Å². The van der Waals surface area contributed by atoms with Crippen LogP contribution in [0.4, 0.5) is 13.2 Å². The van der Waals surface area contributed by atoms with Crippen molar-refractivity contribution >= 4 is 5.91 Å². The molecule has 1 aromatic rings. The summed E-state index contributed by atoms with van der Waals surface area (Å²) in [6.07, 6.45) is 0.0366. The van der Waals surface area contributed by atoms with Crippen LogP contribution in [0.5, 0.6) is 0 Å². The van der Waals surface area contributed by atoms with E-state index in [9.17, 15) is 18.0 Å². The summed E-state index contributed by atoms with van der Waals surface area (Å²) in [6.45, 7) is 6.40. The van der Waals surface area contributed by atoms with Crippen molar-refractivity contribution in [3.8, 4) is 0 Å². The van der Waals surface area contributed by atoms with Crippen LogP contribution in [0.25, 0.3) is 0 Å². The number of amides is 1. The van der Waals surface area contributed by atoms with E-state index in [1.807, 2.05) is 6.92 Å². The van der Waals surface area contributed by atoms with Gasteiger partial charge in [-0.2, -0.15) is 13.2 Å². The molecule has 4 aliphatic rings. The summed E-state index contributed by atoms with van der Waals surface area (Å²) in [5, 5.41) is 2.84. The van der Waals surface area contributed by atoms with Crippen molar-refractivity contribution in [2.45, 2.75) is 81.9 Å². The molecule has 3 bridgehead atoms. The molecule has 0 radical (unpaired) electrons. The van der Waals surface area contributed by atoms with Crippen molar-refractivity contribution in [3.05, 3.63) is 35.9 Å². The van der Waals surface area contributed by atoms with Gasteiger partial charge in [0.2, 0.25) is 0 Å². The lowest BCUT2D eigenvalue weighted by molar-refractivity contribution is -0.266. The summed E-state index contributed by atoms with van der Waals surface area (Å²) in [7, 11) is 0.949. The largest absolute Gasteiger partial charge is 0.430 e. The zero-order chi connectivity index (χ0) is 23.2. The lowest BCUT2D eigenvalue weighted by Gasteiger charge is -2.55. The molecule has 3 saturated carbocycles. The monoisotopic (exact) mass is 451 g/mol. The Morgan fingerprint density at radius 1 is 1.16 bits per heavy atom. The average molecular weight is 452 g/mol. The van der Waals surface area contributed by atoms with Crippen molar-refractivity contribution < 1.29 is 27.4 Å². The fraction of sp³-hybridized carbons (Fsp3) is 0.720. The van der Waals surface area contributed by atoms with E-state index in [1.165, 1.54) is 24.3 Å². The number of benzene rings is 1.